The second-order valence-electron chi connectivity index (χ2n) is 5.40. The van der Waals surface area contributed by atoms with E-state index in [0.29, 0.717) is 17.6 Å². The van der Waals surface area contributed by atoms with Crippen LogP contribution in [0.1, 0.15) is 25.7 Å². The van der Waals surface area contributed by atoms with Gasteiger partial charge in [0.05, 0.1) is 11.7 Å². The molecule has 1 fully saturated rings. The zero-order valence-corrected chi connectivity index (χ0v) is 13.2. The van der Waals surface area contributed by atoms with Crippen molar-refractivity contribution in [2.24, 2.45) is 11.7 Å². The Kier molecular flexibility index (Phi) is 4.21. The number of nitrogens with two attached hydrogens (primary N) is 1. The van der Waals surface area contributed by atoms with Crippen molar-refractivity contribution in [3.8, 4) is 0 Å². The summed E-state index contributed by atoms with van der Waals surface area (Å²) in [5, 5.41) is 0. The van der Waals surface area contributed by atoms with Crippen LogP contribution in [0.4, 0.5) is 0 Å². The minimum absolute atomic E-state index is 0.0874. The molecule has 1 saturated carbocycles. The van der Waals surface area contributed by atoms with E-state index in [9.17, 15) is 8.42 Å². The third-order valence-corrected chi connectivity index (χ3v) is 6.12. The molecule has 2 unspecified atom stereocenters. The lowest BCUT2D eigenvalue weighted by Gasteiger charge is -2.31. The van der Waals surface area contributed by atoms with Crippen LogP contribution in [0.5, 0.6) is 0 Å². The molecule has 0 spiro atoms. The quantitative estimate of drug-likeness (QED) is 0.887. The standard InChI is InChI=1S/C13H18N4O2S2/c14-8-9-4-1-2-5-10(9)17-21(18,19)12-7-3-6-11-13(12)16-20-15-11/h3,6-7,9-10,17H,1-2,4-5,8,14H2. The molecular weight excluding hydrogens is 308 g/mol. The summed E-state index contributed by atoms with van der Waals surface area (Å²) in [5.74, 6) is 0.210. The number of benzene rings is 1. The number of hydrogen-bond donors (Lipinski definition) is 2. The lowest BCUT2D eigenvalue weighted by molar-refractivity contribution is 0.296. The Hall–Kier alpha value is -1.09. The molecule has 114 valence electrons. The summed E-state index contributed by atoms with van der Waals surface area (Å²) < 4.78 is 36.3. The molecule has 21 heavy (non-hydrogen) atoms. The molecule has 1 aliphatic carbocycles. The van der Waals surface area contributed by atoms with Crippen molar-refractivity contribution in [2.75, 3.05) is 6.54 Å². The van der Waals surface area contributed by atoms with E-state index in [-0.39, 0.29) is 16.9 Å². The summed E-state index contributed by atoms with van der Waals surface area (Å²) in [7, 11) is -3.60. The van der Waals surface area contributed by atoms with Crippen LogP contribution in [0.2, 0.25) is 0 Å². The number of rotatable bonds is 4. The van der Waals surface area contributed by atoms with Gasteiger partial charge in [-0.3, -0.25) is 0 Å². The van der Waals surface area contributed by atoms with Gasteiger partial charge in [0.25, 0.3) is 0 Å². The van der Waals surface area contributed by atoms with Crippen molar-refractivity contribution in [2.45, 2.75) is 36.6 Å². The van der Waals surface area contributed by atoms with Gasteiger partial charge in [-0.05, 0) is 37.4 Å². The molecule has 2 atom stereocenters. The van der Waals surface area contributed by atoms with E-state index >= 15 is 0 Å². The zero-order chi connectivity index (χ0) is 14.9. The summed E-state index contributed by atoms with van der Waals surface area (Å²) in [4.78, 5) is 0.204. The Morgan fingerprint density at radius 3 is 2.90 bits per heavy atom. The van der Waals surface area contributed by atoms with Crippen LogP contribution in [0, 0.1) is 5.92 Å². The van der Waals surface area contributed by atoms with Gasteiger partial charge in [-0.2, -0.15) is 8.75 Å². The number of aromatic nitrogens is 2. The second-order valence-corrected chi connectivity index (χ2v) is 7.61. The fourth-order valence-electron chi connectivity index (χ4n) is 2.91. The molecule has 0 saturated heterocycles. The Labute approximate surface area is 128 Å². The van der Waals surface area contributed by atoms with Crippen LogP contribution in [-0.2, 0) is 10.0 Å². The maximum Gasteiger partial charge on any atom is 0.243 e. The molecular formula is C13H18N4O2S2. The van der Waals surface area contributed by atoms with Gasteiger partial charge in [-0.25, -0.2) is 13.1 Å². The zero-order valence-electron chi connectivity index (χ0n) is 11.5. The maximum absolute atomic E-state index is 12.7. The highest BCUT2D eigenvalue weighted by molar-refractivity contribution is 7.89. The van der Waals surface area contributed by atoms with E-state index in [2.05, 4.69) is 13.5 Å². The van der Waals surface area contributed by atoms with Crippen molar-refractivity contribution in [3.05, 3.63) is 18.2 Å². The molecule has 8 heteroatoms. The molecule has 0 radical (unpaired) electrons. The van der Waals surface area contributed by atoms with Crippen molar-refractivity contribution < 1.29 is 8.42 Å². The molecule has 1 heterocycles. The summed E-state index contributed by atoms with van der Waals surface area (Å²) >= 11 is 1.02. The molecule has 1 aromatic carbocycles. The molecule has 3 N–H and O–H groups in total. The van der Waals surface area contributed by atoms with Crippen LogP contribution in [0.3, 0.4) is 0 Å². The van der Waals surface area contributed by atoms with Crippen molar-refractivity contribution in [3.63, 3.8) is 0 Å². The third-order valence-electron chi connectivity index (χ3n) is 4.06. The molecule has 2 aromatic rings. The third kappa shape index (κ3) is 2.94. The highest BCUT2D eigenvalue weighted by Crippen LogP contribution is 2.27. The molecule has 0 aliphatic heterocycles. The predicted octanol–water partition coefficient (Wildman–Crippen LogP) is 1.49. The van der Waals surface area contributed by atoms with Gasteiger partial charge in [0.15, 0.2) is 0 Å². The van der Waals surface area contributed by atoms with Crippen LogP contribution >= 0.6 is 11.7 Å². The van der Waals surface area contributed by atoms with Crippen LogP contribution in [0.15, 0.2) is 23.1 Å². The van der Waals surface area contributed by atoms with Gasteiger partial charge in [0.1, 0.15) is 15.9 Å². The SMILES string of the molecule is NCC1CCCCC1NS(=O)(=O)c1cccc2nsnc12. The van der Waals surface area contributed by atoms with E-state index in [1.54, 1.807) is 18.2 Å². The van der Waals surface area contributed by atoms with Crippen molar-refractivity contribution in [1.29, 1.82) is 0 Å². The van der Waals surface area contributed by atoms with Crippen molar-refractivity contribution in [1.82, 2.24) is 13.5 Å². The first-order valence-corrected chi connectivity index (χ1v) is 9.27. The van der Waals surface area contributed by atoms with E-state index in [1.807, 2.05) is 0 Å². The minimum atomic E-state index is -3.60. The highest BCUT2D eigenvalue weighted by atomic mass is 32.2. The van der Waals surface area contributed by atoms with Crippen LogP contribution < -0.4 is 10.5 Å². The normalized spacial score (nSPS) is 23.5. The Morgan fingerprint density at radius 1 is 1.29 bits per heavy atom. The summed E-state index contributed by atoms with van der Waals surface area (Å²) in [6.07, 6.45) is 3.97. The summed E-state index contributed by atoms with van der Waals surface area (Å²) in [6.45, 7) is 0.510. The van der Waals surface area contributed by atoms with Gasteiger partial charge in [0, 0.05) is 6.04 Å². The van der Waals surface area contributed by atoms with Gasteiger partial charge in [0.2, 0.25) is 10.0 Å². The van der Waals surface area contributed by atoms with E-state index in [0.717, 1.165) is 37.4 Å². The second kappa shape index (κ2) is 5.96. The molecule has 0 bridgehead atoms. The number of sulfonamides is 1. The van der Waals surface area contributed by atoms with Gasteiger partial charge < -0.3 is 5.73 Å². The molecule has 3 rings (SSSR count). The lowest BCUT2D eigenvalue weighted by atomic mass is 9.85. The van der Waals surface area contributed by atoms with Crippen LogP contribution in [-0.4, -0.2) is 29.8 Å². The average Bonchev–Trinajstić information content (AvgIpc) is 2.95. The number of fused-ring (bicyclic) bond motifs is 1. The van der Waals surface area contributed by atoms with Gasteiger partial charge in [-0.1, -0.05) is 18.9 Å². The molecule has 6 nitrogen and oxygen atoms in total. The largest absolute Gasteiger partial charge is 0.330 e. The average molecular weight is 326 g/mol. The van der Waals surface area contributed by atoms with Gasteiger partial charge >= 0.3 is 0 Å². The number of hydrogen-bond acceptors (Lipinski definition) is 6. The lowest BCUT2D eigenvalue weighted by Crippen LogP contribution is -2.44. The fraction of sp³-hybridized carbons (Fsp3) is 0.538. The Bertz CT molecular complexity index is 729. The molecule has 1 aliphatic rings. The molecule has 1 aromatic heterocycles. The number of nitrogens with zero attached hydrogens (tertiary/aromatic N) is 2. The van der Waals surface area contributed by atoms with E-state index < -0.39 is 10.0 Å². The predicted molar refractivity (Wildman–Crippen MR) is 82.5 cm³/mol. The van der Waals surface area contributed by atoms with Crippen LogP contribution in [0.25, 0.3) is 11.0 Å². The minimum Gasteiger partial charge on any atom is -0.330 e. The number of nitrogens with one attached hydrogen (secondary N) is 1. The molecule has 0 amide bonds. The van der Waals surface area contributed by atoms with E-state index in [4.69, 9.17) is 5.73 Å². The van der Waals surface area contributed by atoms with E-state index in [1.165, 1.54) is 0 Å². The Balaban J connectivity index is 1.91. The topological polar surface area (TPSA) is 98.0 Å². The van der Waals surface area contributed by atoms with Gasteiger partial charge in [-0.15, -0.1) is 0 Å². The summed E-state index contributed by atoms with van der Waals surface area (Å²) in [6, 6.07) is 4.95. The monoisotopic (exact) mass is 326 g/mol. The summed E-state index contributed by atoms with van der Waals surface area (Å²) in [5.41, 5.74) is 6.82. The first-order chi connectivity index (χ1) is 10.1. The first-order valence-electron chi connectivity index (χ1n) is 7.05. The Morgan fingerprint density at radius 2 is 2.10 bits per heavy atom. The smallest absolute Gasteiger partial charge is 0.243 e. The van der Waals surface area contributed by atoms with Crippen molar-refractivity contribution >= 4 is 32.8 Å². The highest BCUT2D eigenvalue weighted by Gasteiger charge is 2.29. The fourth-order valence-corrected chi connectivity index (χ4v) is 5.01. The maximum atomic E-state index is 12.7. The first kappa shape index (κ1) is 14.8.